The summed E-state index contributed by atoms with van der Waals surface area (Å²) >= 11 is 0. The fourth-order valence-electron chi connectivity index (χ4n) is 1.75. The van der Waals surface area contributed by atoms with Crippen LogP contribution in [0.5, 0.6) is 5.88 Å². The summed E-state index contributed by atoms with van der Waals surface area (Å²) in [5.41, 5.74) is -0.349. The molecule has 94 valence electrons. The summed E-state index contributed by atoms with van der Waals surface area (Å²) in [6.45, 7) is 3.52. The molecule has 0 amide bonds. The van der Waals surface area contributed by atoms with Gasteiger partial charge in [-0.15, -0.1) is 0 Å². The Morgan fingerprint density at radius 1 is 1.50 bits per heavy atom. The second kappa shape index (κ2) is 4.10. The van der Waals surface area contributed by atoms with E-state index in [4.69, 9.17) is 0 Å². The van der Waals surface area contributed by atoms with Gasteiger partial charge < -0.3 is 5.11 Å². The normalized spacial score (nSPS) is 11.1. The van der Waals surface area contributed by atoms with E-state index < -0.39 is 10.5 Å². The van der Waals surface area contributed by atoms with E-state index in [1.165, 1.54) is 16.7 Å². The molecule has 1 N–H and O–H groups in total. The van der Waals surface area contributed by atoms with E-state index in [2.05, 4.69) is 4.98 Å². The molecule has 18 heavy (non-hydrogen) atoms. The minimum Gasteiger partial charge on any atom is -0.493 e. The van der Waals surface area contributed by atoms with Crippen LogP contribution in [0.2, 0.25) is 0 Å². The average Bonchev–Trinajstić information content (AvgIpc) is 2.27. The molecule has 2 aromatic rings. The highest BCUT2D eigenvalue weighted by atomic mass is 16.6. The summed E-state index contributed by atoms with van der Waals surface area (Å²) in [7, 11) is 0. The third kappa shape index (κ3) is 1.79. The first-order valence-electron chi connectivity index (χ1n) is 5.31. The fraction of sp³-hybridized carbons (Fsp3) is 0.273. The average molecular weight is 249 g/mol. The van der Waals surface area contributed by atoms with Gasteiger partial charge in [0.1, 0.15) is 0 Å². The Morgan fingerprint density at radius 3 is 2.72 bits per heavy atom. The molecule has 0 saturated heterocycles. The van der Waals surface area contributed by atoms with Crippen LogP contribution in [0.4, 0.5) is 5.69 Å². The quantitative estimate of drug-likeness (QED) is 0.641. The van der Waals surface area contributed by atoms with Crippen LogP contribution in [0.15, 0.2) is 23.1 Å². The van der Waals surface area contributed by atoms with Gasteiger partial charge >= 0.3 is 0 Å². The lowest BCUT2D eigenvalue weighted by atomic mass is 10.1. The second-order valence-corrected chi connectivity index (χ2v) is 4.18. The maximum atomic E-state index is 12.1. The Kier molecular flexibility index (Phi) is 2.74. The van der Waals surface area contributed by atoms with E-state index in [1.54, 1.807) is 13.8 Å². The van der Waals surface area contributed by atoms with Crippen molar-refractivity contribution in [3.05, 3.63) is 44.4 Å². The highest BCUT2D eigenvalue weighted by Gasteiger charge is 2.16. The van der Waals surface area contributed by atoms with Crippen molar-refractivity contribution >= 4 is 11.3 Å². The Hall–Kier alpha value is -2.44. The molecule has 2 rings (SSSR count). The number of aromatic nitrogens is 2. The Balaban J connectivity index is 2.82. The Labute approximate surface area is 101 Å². The molecular formula is C11H11N3O4. The van der Waals surface area contributed by atoms with E-state index in [-0.39, 0.29) is 28.7 Å². The number of nitro groups is 1. The van der Waals surface area contributed by atoms with Gasteiger partial charge in [-0.2, -0.15) is 4.98 Å². The molecule has 0 fully saturated rings. The molecule has 0 atom stereocenters. The number of pyridine rings is 1. The summed E-state index contributed by atoms with van der Waals surface area (Å²) < 4.78 is 1.18. The van der Waals surface area contributed by atoms with Crippen LogP contribution in [-0.4, -0.2) is 19.4 Å². The molecule has 0 aliphatic rings. The lowest BCUT2D eigenvalue weighted by Gasteiger charge is -2.08. The standard InChI is InChI=1S/C11H11N3O4/c1-6(2)9-10(15)12-8-5-7(14(17)18)3-4-13(8)11(9)16/h3-6,15H,1-2H3. The SMILES string of the molecule is CC(C)c1c(O)nc2cc([N+](=O)[O-])ccn2c1=O. The third-order valence-corrected chi connectivity index (χ3v) is 2.62. The first kappa shape index (κ1) is 12.0. The molecule has 0 spiro atoms. The largest absolute Gasteiger partial charge is 0.493 e. The van der Waals surface area contributed by atoms with Crippen molar-refractivity contribution in [1.82, 2.24) is 9.38 Å². The van der Waals surface area contributed by atoms with Crippen LogP contribution in [-0.2, 0) is 0 Å². The van der Waals surface area contributed by atoms with E-state index in [9.17, 15) is 20.0 Å². The zero-order chi connectivity index (χ0) is 13.4. The van der Waals surface area contributed by atoms with Gasteiger partial charge in [-0.1, -0.05) is 13.8 Å². The van der Waals surface area contributed by atoms with Crippen LogP contribution in [0.3, 0.4) is 0 Å². The molecule has 0 radical (unpaired) electrons. The van der Waals surface area contributed by atoms with Gasteiger partial charge in [0, 0.05) is 12.3 Å². The third-order valence-electron chi connectivity index (χ3n) is 2.62. The summed E-state index contributed by atoms with van der Waals surface area (Å²) in [4.78, 5) is 25.9. The Bertz CT molecular complexity index is 690. The van der Waals surface area contributed by atoms with Crippen LogP contribution < -0.4 is 5.56 Å². The molecule has 0 aliphatic carbocycles. The number of aromatic hydroxyl groups is 1. The van der Waals surface area contributed by atoms with Gasteiger partial charge in [0.15, 0.2) is 5.65 Å². The predicted molar refractivity (Wildman–Crippen MR) is 63.9 cm³/mol. The molecule has 2 aromatic heterocycles. The van der Waals surface area contributed by atoms with Crippen molar-refractivity contribution in [2.24, 2.45) is 0 Å². The van der Waals surface area contributed by atoms with Gasteiger partial charge in [-0.25, -0.2) is 0 Å². The van der Waals surface area contributed by atoms with Gasteiger partial charge in [-0.05, 0) is 5.92 Å². The van der Waals surface area contributed by atoms with Crippen LogP contribution in [0.25, 0.3) is 5.65 Å². The molecule has 0 aromatic carbocycles. The summed E-state index contributed by atoms with van der Waals surface area (Å²) in [6.07, 6.45) is 1.29. The zero-order valence-electron chi connectivity index (χ0n) is 9.82. The molecule has 7 heteroatoms. The fourth-order valence-corrected chi connectivity index (χ4v) is 1.75. The van der Waals surface area contributed by atoms with Crippen molar-refractivity contribution < 1.29 is 10.0 Å². The number of hydrogen-bond acceptors (Lipinski definition) is 5. The Morgan fingerprint density at radius 2 is 2.17 bits per heavy atom. The maximum absolute atomic E-state index is 12.1. The highest BCUT2D eigenvalue weighted by Crippen LogP contribution is 2.21. The first-order valence-corrected chi connectivity index (χ1v) is 5.31. The highest BCUT2D eigenvalue weighted by molar-refractivity contribution is 5.50. The van der Waals surface area contributed by atoms with E-state index in [0.717, 1.165) is 6.07 Å². The molecular weight excluding hydrogens is 238 g/mol. The van der Waals surface area contributed by atoms with Crippen LogP contribution in [0, 0.1) is 10.1 Å². The van der Waals surface area contributed by atoms with Crippen LogP contribution >= 0.6 is 0 Å². The number of nitrogens with zero attached hydrogens (tertiary/aromatic N) is 3. The molecule has 7 nitrogen and oxygen atoms in total. The number of fused-ring (bicyclic) bond motifs is 1. The molecule has 0 saturated carbocycles. The van der Waals surface area contributed by atoms with Gasteiger partial charge in [0.05, 0.1) is 16.6 Å². The lowest BCUT2D eigenvalue weighted by Crippen LogP contribution is -2.20. The van der Waals surface area contributed by atoms with Crippen molar-refractivity contribution in [1.29, 1.82) is 0 Å². The topological polar surface area (TPSA) is 97.7 Å². The van der Waals surface area contributed by atoms with E-state index in [1.807, 2.05) is 0 Å². The molecule has 2 heterocycles. The van der Waals surface area contributed by atoms with Crippen molar-refractivity contribution in [2.45, 2.75) is 19.8 Å². The minimum atomic E-state index is -0.584. The van der Waals surface area contributed by atoms with Gasteiger partial charge in [-0.3, -0.25) is 19.3 Å². The van der Waals surface area contributed by atoms with Gasteiger partial charge in [0.25, 0.3) is 11.2 Å². The van der Waals surface area contributed by atoms with Gasteiger partial charge in [0.2, 0.25) is 5.88 Å². The summed E-state index contributed by atoms with van der Waals surface area (Å²) in [6, 6.07) is 2.36. The smallest absolute Gasteiger partial charge is 0.274 e. The molecule has 0 bridgehead atoms. The van der Waals surface area contributed by atoms with Crippen molar-refractivity contribution in [3.63, 3.8) is 0 Å². The first-order chi connectivity index (χ1) is 8.41. The second-order valence-electron chi connectivity index (χ2n) is 4.18. The van der Waals surface area contributed by atoms with Crippen molar-refractivity contribution in [2.75, 3.05) is 0 Å². The van der Waals surface area contributed by atoms with Crippen LogP contribution in [0.1, 0.15) is 25.3 Å². The molecule has 0 unspecified atom stereocenters. The molecule has 0 aliphatic heterocycles. The number of rotatable bonds is 2. The van der Waals surface area contributed by atoms with E-state index >= 15 is 0 Å². The monoisotopic (exact) mass is 249 g/mol. The maximum Gasteiger partial charge on any atom is 0.274 e. The summed E-state index contributed by atoms with van der Waals surface area (Å²) in [5.74, 6) is -0.562. The van der Waals surface area contributed by atoms with Crippen molar-refractivity contribution in [3.8, 4) is 5.88 Å². The summed E-state index contributed by atoms with van der Waals surface area (Å²) in [5, 5.41) is 20.3. The minimum absolute atomic E-state index is 0.0519. The van der Waals surface area contributed by atoms with E-state index in [0.29, 0.717) is 0 Å². The zero-order valence-corrected chi connectivity index (χ0v) is 9.82. The predicted octanol–water partition coefficient (Wildman–Crippen LogP) is 1.43. The lowest BCUT2D eigenvalue weighted by molar-refractivity contribution is -0.384. The number of hydrogen-bond donors (Lipinski definition) is 1.